The van der Waals surface area contributed by atoms with Gasteiger partial charge in [-0.3, -0.25) is 4.79 Å². The summed E-state index contributed by atoms with van der Waals surface area (Å²) in [5, 5.41) is 2.73. The molecule has 0 spiro atoms. The Kier molecular flexibility index (Phi) is 6.53. The average molecular weight is 230 g/mol. The van der Waals surface area contributed by atoms with E-state index in [0.717, 1.165) is 12.8 Å². The summed E-state index contributed by atoms with van der Waals surface area (Å²) < 4.78 is 4.81. The molecule has 0 aromatic carbocycles. The molecule has 5 nitrogen and oxygen atoms in total. The van der Waals surface area contributed by atoms with Crippen LogP contribution < -0.4 is 11.1 Å². The summed E-state index contributed by atoms with van der Waals surface area (Å²) >= 11 is 0. The Hall–Kier alpha value is -1.26. The quantitative estimate of drug-likeness (QED) is 0.723. The fraction of sp³-hybridized carbons (Fsp3) is 0.818. The number of nitrogens with one attached hydrogen (secondary N) is 1. The van der Waals surface area contributed by atoms with Crippen molar-refractivity contribution in [2.24, 2.45) is 11.7 Å². The largest absolute Gasteiger partial charge is 0.436 e. The number of rotatable bonds is 6. The molecular weight excluding hydrogens is 208 g/mol. The Balaban J connectivity index is 4.16. The molecule has 3 N–H and O–H groups in total. The van der Waals surface area contributed by atoms with Crippen molar-refractivity contribution >= 4 is 12.0 Å². The van der Waals surface area contributed by atoms with Gasteiger partial charge in [0.05, 0.1) is 0 Å². The van der Waals surface area contributed by atoms with Crippen LogP contribution in [-0.4, -0.2) is 24.1 Å². The van der Waals surface area contributed by atoms with Gasteiger partial charge in [0.25, 0.3) is 5.91 Å². The monoisotopic (exact) mass is 230 g/mol. The minimum Gasteiger partial charge on any atom is -0.436 e. The highest BCUT2D eigenvalue weighted by atomic mass is 16.6. The summed E-state index contributed by atoms with van der Waals surface area (Å²) in [7, 11) is 0. The SMILES string of the molecule is CCC(NC(=O)O[C@H](C)C(N)=O)[C@H](C)CC. The second-order valence-corrected chi connectivity index (χ2v) is 3.99. The highest BCUT2D eigenvalue weighted by molar-refractivity contribution is 5.81. The third-order valence-corrected chi connectivity index (χ3v) is 2.76. The molecule has 0 aromatic rings. The minimum atomic E-state index is -0.894. The van der Waals surface area contributed by atoms with E-state index < -0.39 is 18.1 Å². The third kappa shape index (κ3) is 5.00. The van der Waals surface area contributed by atoms with Gasteiger partial charge in [-0.05, 0) is 19.3 Å². The zero-order valence-corrected chi connectivity index (χ0v) is 10.4. The van der Waals surface area contributed by atoms with Crippen molar-refractivity contribution in [2.75, 3.05) is 0 Å². The van der Waals surface area contributed by atoms with Crippen LogP contribution in [-0.2, 0) is 9.53 Å². The van der Waals surface area contributed by atoms with E-state index in [9.17, 15) is 9.59 Å². The molecule has 5 heteroatoms. The van der Waals surface area contributed by atoms with E-state index >= 15 is 0 Å². The first kappa shape index (κ1) is 14.7. The minimum absolute atomic E-state index is 0.0672. The van der Waals surface area contributed by atoms with Gasteiger partial charge < -0.3 is 15.8 Å². The average Bonchev–Trinajstić information content (AvgIpc) is 2.24. The third-order valence-electron chi connectivity index (χ3n) is 2.76. The molecule has 0 saturated carbocycles. The second-order valence-electron chi connectivity index (χ2n) is 3.99. The van der Waals surface area contributed by atoms with Crippen LogP contribution >= 0.6 is 0 Å². The van der Waals surface area contributed by atoms with Crippen molar-refractivity contribution in [3.05, 3.63) is 0 Å². The molecule has 2 amide bonds. The Morgan fingerprint density at radius 2 is 1.81 bits per heavy atom. The summed E-state index contributed by atoms with van der Waals surface area (Å²) in [6.45, 7) is 7.57. The molecule has 0 rings (SSSR count). The molecule has 0 aliphatic carbocycles. The fourth-order valence-electron chi connectivity index (χ4n) is 1.34. The summed E-state index contributed by atoms with van der Waals surface area (Å²) in [5.74, 6) is -0.270. The predicted octanol–water partition coefficient (Wildman–Crippen LogP) is 1.41. The number of alkyl carbamates (subject to hydrolysis) is 1. The number of carbonyl (C=O) groups is 2. The number of nitrogens with two attached hydrogens (primary N) is 1. The van der Waals surface area contributed by atoms with Crippen molar-refractivity contribution in [3.8, 4) is 0 Å². The number of primary amides is 1. The van der Waals surface area contributed by atoms with Gasteiger partial charge in [-0.25, -0.2) is 4.79 Å². The molecule has 0 saturated heterocycles. The topological polar surface area (TPSA) is 81.4 Å². The van der Waals surface area contributed by atoms with Gasteiger partial charge in [0.1, 0.15) is 0 Å². The van der Waals surface area contributed by atoms with Crippen molar-refractivity contribution in [3.63, 3.8) is 0 Å². The number of hydrogen-bond donors (Lipinski definition) is 2. The Morgan fingerprint density at radius 1 is 1.25 bits per heavy atom. The smallest absolute Gasteiger partial charge is 0.408 e. The van der Waals surface area contributed by atoms with Crippen LogP contribution in [0, 0.1) is 5.92 Å². The second kappa shape index (κ2) is 7.09. The molecule has 0 aliphatic rings. The summed E-state index contributed by atoms with van der Waals surface area (Å²) in [5.41, 5.74) is 4.99. The zero-order chi connectivity index (χ0) is 12.7. The Bertz CT molecular complexity index is 243. The maximum atomic E-state index is 11.4. The van der Waals surface area contributed by atoms with Crippen molar-refractivity contribution in [2.45, 2.75) is 52.7 Å². The van der Waals surface area contributed by atoms with E-state index in [-0.39, 0.29) is 6.04 Å². The standard InChI is InChI=1S/C11H22N2O3/c1-5-7(3)9(6-2)13-11(15)16-8(4)10(12)14/h7-9H,5-6H2,1-4H3,(H2,12,14)(H,13,15)/t7-,8-,9?/m1/s1. The number of amides is 2. The Morgan fingerprint density at radius 3 is 2.19 bits per heavy atom. The summed E-state index contributed by atoms with van der Waals surface area (Å²) in [6.07, 6.45) is 0.326. The molecule has 0 heterocycles. The van der Waals surface area contributed by atoms with Crippen LogP contribution in [0.25, 0.3) is 0 Å². The van der Waals surface area contributed by atoms with E-state index in [1.54, 1.807) is 0 Å². The van der Waals surface area contributed by atoms with Crippen LogP contribution in [0.5, 0.6) is 0 Å². The van der Waals surface area contributed by atoms with E-state index in [4.69, 9.17) is 10.5 Å². The van der Waals surface area contributed by atoms with Gasteiger partial charge in [0, 0.05) is 6.04 Å². The normalized spacial score (nSPS) is 16.0. The molecular formula is C11H22N2O3. The van der Waals surface area contributed by atoms with Gasteiger partial charge >= 0.3 is 6.09 Å². The maximum Gasteiger partial charge on any atom is 0.408 e. The fourth-order valence-corrected chi connectivity index (χ4v) is 1.34. The van der Waals surface area contributed by atoms with Gasteiger partial charge in [-0.1, -0.05) is 27.2 Å². The highest BCUT2D eigenvalue weighted by Gasteiger charge is 2.19. The van der Waals surface area contributed by atoms with Crippen LogP contribution in [0.4, 0.5) is 4.79 Å². The summed E-state index contributed by atoms with van der Waals surface area (Å²) in [6, 6.07) is 0.0672. The van der Waals surface area contributed by atoms with Crippen molar-refractivity contribution in [1.82, 2.24) is 5.32 Å². The lowest BCUT2D eigenvalue weighted by Gasteiger charge is -2.23. The van der Waals surface area contributed by atoms with Gasteiger partial charge in [0.15, 0.2) is 6.10 Å². The van der Waals surface area contributed by atoms with Crippen LogP contribution in [0.2, 0.25) is 0 Å². The molecule has 3 atom stereocenters. The highest BCUT2D eigenvalue weighted by Crippen LogP contribution is 2.10. The van der Waals surface area contributed by atoms with Crippen LogP contribution in [0.3, 0.4) is 0 Å². The zero-order valence-electron chi connectivity index (χ0n) is 10.4. The number of ether oxygens (including phenoxy) is 1. The van der Waals surface area contributed by atoms with E-state index in [1.807, 2.05) is 6.92 Å². The Labute approximate surface area is 96.7 Å². The van der Waals surface area contributed by atoms with Crippen LogP contribution in [0.15, 0.2) is 0 Å². The lowest BCUT2D eigenvalue weighted by molar-refractivity contribution is -0.125. The molecule has 0 aliphatic heterocycles. The first-order chi connectivity index (χ1) is 7.42. The van der Waals surface area contributed by atoms with Gasteiger partial charge in [0.2, 0.25) is 0 Å². The van der Waals surface area contributed by atoms with Crippen LogP contribution in [0.1, 0.15) is 40.5 Å². The van der Waals surface area contributed by atoms with E-state index in [0.29, 0.717) is 5.92 Å². The van der Waals surface area contributed by atoms with E-state index in [1.165, 1.54) is 6.92 Å². The molecule has 94 valence electrons. The van der Waals surface area contributed by atoms with E-state index in [2.05, 4.69) is 19.2 Å². The van der Waals surface area contributed by atoms with Gasteiger partial charge in [-0.2, -0.15) is 0 Å². The first-order valence-electron chi connectivity index (χ1n) is 5.68. The summed E-state index contributed by atoms with van der Waals surface area (Å²) in [4.78, 5) is 22.1. The molecule has 0 radical (unpaired) electrons. The predicted molar refractivity (Wildman–Crippen MR) is 61.8 cm³/mol. The van der Waals surface area contributed by atoms with Crippen molar-refractivity contribution in [1.29, 1.82) is 0 Å². The molecule has 0 aromatic heterocycles. The molecule has 1 unspecified atom stereocenters. The van der Waals surface area contributed by atoms with Crippen molar-refractivity contribution < 1.29 is 14.3 Å². The maximum absolute atomic E-state index is 11.4. The number of hydrogen-bond acceptors (Lipinski definition) is 3. The lowest BCUT2D eigenvalue weighted by Crippen LogP contribution is -2.42. The molecule has 0 fully saturated rings. The first-order valence-corrected chi connectivity index (χ1v) is 5.68. The molecule has 0 bridgehead atoms. The molecule has 16 heavy (non-hydrogen) atoms. The lowest BCUT2D eigenvalue weighted by atomic mass is 9.97. The van der Waals surface area contributed by atoms with Gasteiger partial charge in [-0.15, -0.1) is 0 Å². The number of carbonyl (C=O) groups excluding carboxylic acids is 2.